The van der Waals surface area contributed by atoms with Gasteiger partial charge in [0.05, 0.1) is 24.5 Å². The molecule has 0 bridgehead atoms. The van der Waals surface area contributed by atoms with Crippen LogP contribution in [0.3, 0.4) is 0 Å². The van der Waals surface area contributed by atoms with Crippen molar-refractivity contribution in [1.29, 1.82) is 0 Å². The number of pyridine rings is 1. The van der Waals surface area contributed by atoms with E-state index in [0.717, 1.165) is 61.5 Å². The number of rotatable bonds is 8. The fourth-order valence-corrected chi connectivity index (χ4v) is 5.55. The van der Waals surface area contributed by atoms with Crippen molar-refractivity contribution in [3.63, 3.8) is 0 Å². The topological polar surface area (TPSA) is 140 Å². The first-order valence-corrected chi connectivity index (χ1v) is 14.9. The molecular weight excluding hydrogens is 560 g/mol. The maximum Gasteiger partial charge on any atom is 0.415 e. The largest absolute Gasteiger partial charge is 0.415 e. The number of benzene rings is 1. The highest BCUT2D eigenvalue weighted by molar-refractivity contribution is 5.99. The molecule has 13 heteroatoms. The Bertz CT molecular complexity index is 1620. The summed E-state index contributed by atoms with van der Waals surface area (Å²) in [5.41, 5.74) is 9.78. The number of aromatic nitrogens is 5. The molecule has 2 aliphatic heterocycles. The summed E-state index contributed by atoms with van der Waals surface area (Å²) >= 11 is 0. The number of amides is 2. The number of hydrogen-bond acceptors (Lipinski definition) is 9. The smallest absolute Gasteiger partial charge is 0.410 e. The van der Waals surface area contributed by atoms with Gasteiger partial charge in [-0.15, -0.1) is 0 Å². The van der Waals surface area contributed by atoms with E-state index in [1.54, 1.807) is 34.1 Å². The SMILES string of the molecule is CN1CCN(CCn2cc(-c3cccc(OC(=O)N4CC[C@@H](NC(=O)c5cc(-c6cnn(C)c6)cnc5N)C4)c3)cn2)CC1. The van der Waals surface area contributed by atoms with Crippen LogP contribution >= 0.6 is 0 Å². The molecule has 2 fully saturated rings. The quantitative estimate of drug-likeness (QED) is 0.312. The summed E-state index contributed by atoms with van der Waals surface area (Å²) in [5, 5.41) is 11.7. The molecule has 2 amide bonds. The maximum absolute atomic E-state index is 13.1. The molecule has 4 aromatic rings. The minimum absolute atomic E-state index is 0.143. The van der Waals surface area contributed by atoms with Crippen LogP contribution in [0.15, 0.2) is 61.3 Å². The number of piperazine rings is 1. The van der Waals surface area contributed by atoms with Crippen LogP contribution < -0.4 is 15.8 Å². The Morgan fingerprint density at radius 3 is 2.52 bits per heavy atom. The third-order valence-corrected chi connectivity index (χ3v) is 8.23. The van der Waals surface area contributed by atoms with E-state index < -0.39 is 6.09 Å². The minimum atomic E-state index is -0.457. The van der Waals surface area contributed by atoms with Crippen LogP contribution in [0, 0.1) is 0 Å². The zero-order valence-electron chi connectivity index (χ0n) is 25.1. The molecule has 44 heavy (non-hydrogen) atoms. The lowest BCUT2D eigenvalue weighted by atomic mass is 10.1. The number of nitrogens with one attached hydrogen (secondary N) is 1. The lowest BCUT2D eigenvalue weighted by Crippen LogP contribution is -2.45. The number of anilines is 1. The first-order valence-electron chi connectivity index (χ1n) is 14.9. The average molecular weight is 599 g/mol. The Labute approximate surface area is 256 Å². The standard InChI is InChI=1S/C31H38N10O3/c1-37-8-10-39(11-9-37)12-13-41-20-25(18-35-41)22-4-3-5-27(14-22)44-31(43)40-7-6-26(21-40)36-30(42)28-15-23(16-33-29(28)32)24-17-34-38(2)19-24/h3-5,14-20,26H,6-13,21H2,1-2H3,(H2,32,33)(H,36,42)/t26-/m1/s1. The fourth-order valence-electron chi connectivity index (χ4n) is 5.55. The van der Waals surface area contributed by atoms with E-state index in [4.69, 9.17) is 10.5 Å². The van der Waals surface area contributed by atoms with Gasteiger partial charge in [0.2, 0.25) is 0 Å². The molecule has 2 saturated heterocycles. The van der Waals surface area contributed by atoms with Gasteiger partial charge >= 0.3 is 6.09 Å². The summed E-state index contributed by atoms with van der Waals surface area (Å²) in [6, 6.07) is 8.92. The summed E-state index contributed by atoms with van der Waals surface area (Å²) in [6.45, 7) is 6.93. The van der Waals surface area contributed by atoms with Crippen LogP contribution in [0.5, 0.6) is 5.75 Å². The van der Waals surface area contributed by atoms with Crippen molar-refractivity contribution in [2.24, 2.45) is 7.05 Å². The van der Waals surface area contributed by atoms with Crippen molar-refractivity contribution < 1.29 is 14.3 Å². The van der Waals surface area contributed by atoms with E-state index in [1.165, 1.54) is 0 Å². The summed E-state index contributed by atoms with van der Waals surface area (Å²) in [7, 11) is 3.98. The molecule has 0 unspecified atom stereocenters. The van der Waals surface area contributed by atoms with Crippen LogP contribution in [-0.4, -0.2) is 110 Å². The molecule has 1 aromatic carbocycles. The number of aryl methyl sites for hydroxylation is 1. The van der Waals surface area contributed by atoms with Crippen LogP contribution in [0.1, 0.15) is 16.8 Å². The number of nitrogens with zero attached hydrogens (tertiary/aromatic N) is 8. The maximum atomic E-state index is 13.1. The fraction of sp³-hybridized carbons (Fsp3) is 0.387. The second-order valence-corrected chi connectivity index (χ2v) is 11.5. The van der Waals surface area contributed by atoms with Crippen LogP contribution in [0.4, 0.5) is 10.6 Å². The van der Waals surface area contributed by atoms with E-state index in [9.17, 15) is 9.59 Å². The molecule has 1 atom stereocenters. The number of nitrogen functional groups attached to an aromatic ring is 1. The van der Waals surface area contributed by atoms with Gasteiger partial charge in [0.1, 0.15) is 11.6 Å². The van der Waals surface area contributed by atoms with Gasteiger partial charge < -0.3 is 25.6 Å². The first kappa shape index (κ1) is 29.3. The van der Waals surface area contributed by atoms with Crippen molar-refractivity contribution >= 4 is 17.8 Å². The van der Waals surface area contributed by atoms with Crippen LogP contribution in [0.25, 0.3) is 22.3 Å². The Kier molecular flexibility index (Phi) is 8.57. The van der Waals surface area contributed by atoms with Crippen LogP contribution in [-0.2, 0) is 13.6 Å². The number of carbonyl (C=O) groups excluding carboxylic acids is 2. The molecule has 3 N–H and O–H groups in total. The van der Waals surface area contributed by atoms with Gasteiger partial charge in [0.15, 0.2) is 0 Å². The van der Waals surface area contributed by atoms with E-state index in [-0.39, 0.29) is 23.3 Å². The molecule has 5 heterocycles. The highest BCUT2D eigenvalue weighted by Gasteiger charge is 2.29. The lowest BCUT2D eigenvalue weighted by molar-refractivity contribution is 0.0937. The molecule has 230 valence electrons. The predicted octanol–water partition coefficient (Wildman–Crippen LogP) is 2.18. The zero-order valence-corrected chi connectivity index (χ0v) is 25.1. The number of likely N-dealkylation sites (tertiary alicyclic amines) is 1. The molecule has 2 aliphatic rings. The molecule has 0 radical (unpaired) electrons. The highest BCUT2D eigenvalue weighted by Crippen LogP contribution is 2.25. The number of likely N-dealkylation sites (N-methyl/N-ethyl adjacent to an activating group) is 1. The molecule has 6 rings (SSSR count). The predicted molar refractivity (Wildman–Crippen MR) is 166 cm³/mol. The Balaban J connectivity index is 1.02. The van der Waals surface area contributed by atoms with Crippen molar-refractivity contribution in [3.05, 3.63) is 66.9 Å². The van der Waals surface area contributed by atoms with Crippen molar-refractivity contribution in [3.8, 4) is 28.0 Å². The summed E-state index contributed by atoms with van der Waals surface area (Å²) in [6.07, 6.45) is 9.17. The molecule has 3 aromatic heterocycles. The molecule has 0 saturated carbocycles. The third kappa shape index (κ3) is 6.90. The molecule has 0 aliphatic carbocycles. The van der Waals surface area contributed by atoms with Gasteiger partial charge in [0, 0.05) is 94.2 Å². The zero-order chi connectivity index (χ0) is 30.6. The summed E-state index contributed by atoms with van der Waals surface area (Å²) in [5.74, 6) is 0.263. The van der Waals surface area contributed by atoms with Crippen molar-refractivity contribution in [2.75, 3.05) is 58.6 Å². The van der Waals surface area contributed by atoms with E-state index in [0.29, 0.717) is 25.3 Å². The van der Waals surface area contributed by atoms with E-state index in [2.05, 4.69) is 37.3 Å². The average Bonchev–Trinajstić information content (AvgIpc) is 3.79. The van der Waals surface area contributed by atoms with E-state index in [1.807, 2.05) is 48.5 Å². The Morgan fingerprint density at radius 2 is 1.73 bits per heavy atom. The minimum Gasteiger partial charge on any atom is -0.410 e. The number of nitrogens with two attached hydrogens (primary N) is 1. The van der Waals surface area contributed by atoms with Gasteiger partial charge in [-0.1, -0.05) is 12.1 Å². The second-order valence-electron chi connectivity index (χ2n) is 11.5. The number of carbonyl (C=O) groups is 2. The summed E-state index contributed by atoms with van der Waals surface area (Å²) < 4.78 is 9.37. The van der Waals surface area contributed by atoms with Gasteiger partial charge in [-0.2, -0.15) is 10.2 Å². The monoisotopic (exact) mass is 598 g/mol. The van der Waals surface area contributed by atoms with E-state index >= 15 is 0 Å². The number of ether oxygens (including phenoxy) is 1. The van der Waals surface area contributed by atoms with Crippen LogP contribution in [0.2, 0.25) is 0 Å². The van der Waals surface area contributed by atoms with Gasteiger partial charge in [-0.25, -0.2) is 9.78 Å². The summed E-state index contributed by atoms with van der Waals surface area (Å²) in [4.78, 5) is 36.7. The second kappa shape index (κ2) is 12.9. The normalized spacial score (nSPS) is 17.6. The number of hydrogen-bond donors (Lipinski definition) is 2. The third-order valence-electron chi connectivity index (χ3n) is 8.23. The Morgan fingerprint density at radius 1 is 0.932 bits per heavy atom. The van der Waals surface area contributed by atoms with Gasteiger partial charge in [0.25, 0.3) is 5.91 Å². The van der Waals surface area contributed by atoms with Gasteiger partial charge in [-0.3, -0.25) is 19.1 Å². The molecular formula is C31H38N10O3. The van der Waals surface area contributed by atoms with Crippen molar-refractivity contribution in [2.45, 2.75) is 19.0 Å². The Hall–Kier alpha value is -4.75. The lowest BCUT2D eigenvalue weighted by Gasteiger charge is -2.32. The highest BCUT2D eigenvalue weighted by atomic mass is 16.6. The molecule has 13 nitrogen and oxygen atoms in total. The van der Waals surface area contributed by atoms with Crippen molar-refractivity contribution in [1.82, 2.24) is 44.6 Å². The molecule has 0 spiro atoms. The first-order chi connectivity index (χ1) is 21.3. The van der Waals surface area contributed by atoms with Gasteiger partial charge in [-0.05, 0) is 37.2 Å².